The van der Waals surface area contributed by atoms with E-state index in [2.05, 4.69) is 22.5 Å². The van der Waals surface area contributed by atoms with Crippen LogP contribution in [0.1, 0.15) is 25.5 Å². The average Bonchev–Trinajstić information content (AvgIpc) is 3.23. The molecule has 6 nitrogen and oxygen atoms in total. The number of nitrogens with zero attached hydrogens (tertiary/aromatic N) is 2. The van der Waals surface area contributed by atoms with Crippen LogP contribution in [0.3, 0.4) is 0 Å². The summed E-state index contributed by atoms with van der Waals surface area (Å²) < 4.78 is 10.5. The van der Waals surface area contributed by atoms with E-state index in [1.165, 1.54) is 19.4 Å². The summed E-state index contributed by atoms with van der Waals surface area (Å²) in [5.41, 5.74) is 0. The van der Waals surface area contributed by atoms with Crippen molar-refractivity contribution >= 4 is 5.96 Å². The maximum Gasteiger partial charge on any atom is 0.191 e. The number of likely N-dealkylation sites (N-methyl/N-ethyl adjacent to an activating group) is 1. The first-order valence-electron chi connectivity index (χ1n) is 8.61. The molecule has 0 saturated carbocycles. The van der Waals surface area contributed by atoms with E-state index in [9.17, 15) is 0 Å². The molecule has 1 aromatic rings. The number of guanidine groups is 1. The second-order valence-electron chi connectivity index (χ2n) is 5.79. The molecule has 0 radical (unpaired) electrons. The third-order valence-electron chi connectivity index (χ3n) is 4.21. The molecule has 0 spiro atoms. The van der Waals surface area contributed by atoms with Crippen LogP contribution in [0.5, 0.6) is 0 Å². The van der Waals surface area contributed by atoms with Crippen LogP contribution < -0.4 is 10.6 Å². The van der Waals surface area contributed by atoms with Crippen LogP contribution in [-0.4, -0.2) is 63.3 Å². The van der Waals surface area contributed by atoms with Crippen molar-refractivity contribution in [3.63, 3.8) is 0 Å². The minimum atomic E-state index is 0.575. The van der Waals surface area contributed by atoms with Crippen LogP contribution in [0.25, 0.3) is 0 Å². The molecule has 23 heavy (non-hydrogen) atoms. The summed E-state index contributed by atoms with van der Waals surface area (Å²) >= 11 is 0. The number of ether oxygens (including phenoxy) is 1. The first-order chi connectivity index (χ1) is 11.3. The summed E-state index contributed by atoms with van der Waals surface area (Å²) in [6.45, 7) is 7.61. The van der Waals surface area contributed by atoms with E-state index >= 15 is 0 Å². The highest BCUT2D eigenvalue weighted by Crippen LogP contribution is 2.16. The Morgan fingerprint density at radius 1 is 1.43 bits per heavy atom. The molecule has 2 rings (SSSR count). The monoisotopic (exact) mass is 322 g/mol. The Morgan fingerprint density at radius 3 is 3.04 bits per heavy atom. The molecule has 1 aliphatic heterocycles. The first-order valence-corrected chi connectivity index (χ1v) is 8.61. The standard InChI is InChI=1S/C17H30N4O2/c1-3-21-11-4-6-15(21)14-20-17(19-10-13-22-2)18-9-8-16-7-5-12-23-16/h5,7,12,15H,3-4,6,8-11,13-14H2,1-2H3,(H2,18,19,20). The molecule has 1 aromatic heterocycles. The molecule has 6 heteroatoms. The van der Waals surface area contributed by atoms with Gasteiger partial charge in [0.05, 0.1) is 19.4 Å². The van der Waals surface area contributed by atoms with Crippen LogP contribution in [0.4, 0.5) is 0 Å². The third-order valence-corrected chi connectivity index (χ3v) is 4.21. The van der Waals surface area contributed by atoms with Gasteiger partial charge in [0.2, 0.25) is 0 Å². The number of hydrogen-bond donors (Lipinski definition) is 2. The Balaban J connectivity index is 1.80. The van der Waals surface area contributed by atoms with Gasteiger partial charge in [0, 0.05) is 32.7 Å². The van der Waals surface area contributed by atoms with Gasteiger partial charge in [-0.1, -0.05) is 6.92 Å². The zero-order valence-corrected chi connectivity index (χ0v) is 14.4. The zero-order valence-electron chi connectivity index (χ0n) is 14.4. The number of aliphatic imine (C=N–C) groups is 1. The van der Waals surface area contributed by atoms with E-state index in [4.69, 9.17) is 14.1 Å². The third kappa shape index (κ3) is 6.23. The molecule has 1 atom stereocenters. The lowest BCUT2D eigenvalue weighted by Gasteiger charge is -2.21. The van der Waals surface area contributed by atoms with Gasteiger partial charge in [0.1, 0.15) is 5.76 Å². The number of furan rings is 1. The topological polar surface area (TPSA) is 62.0 Å². The normalized spacial score (nSPS) is 19.2. The summed E-state index contributed by atoms with van der Waals surface area (Å²) in [6, 6.07) is 4.49. The van der Waals surface area contributed by atoms with Crippen LogP contribution >= 0.6 is 0 Å². The Kier molecular flexibility index (Phi) is 7.97. The van der Waals surface area contributed by atoms with Crippen molar-refractivity contribution in [1.82, 2.24) is 15.5 Å². The van der Waals surface area contributed by atoms with Crippen molar-refractivity contribution in [1.29, 1.82) is 0 Å². The van der Waals surface area contributed by atoms with Crippen LogP contribution in [0.15, 0.2) is 27.8 Å². The molecular formula is C17H30N4O2. The van der Waals surface area contributed by atoms with Crippen molar-refractivity contribution in [2.45, 2.75) is 32.2 Å². The number of methoxy groups -OCH3 is 1. The predicted molar refractivity (Wildman–Crippen MR) is 92.9 cm³/mol. The van der Waals surface area contributed by atoms with E-state index in [1.807, 2.05) is 12.1 Å². The average molecular weight is 322 g/mol. The molecule has 130 valence electrons. The zero-order chi connectivity index (χ0) is 16.3. The van der Waals surface area contributed by atoms with Gasteiger partial charge >= 0.3 is 0 Å². The number of hydrogen-bond acceptors (Lipinski definition) is 4. The van der Waals surface area contributed by atoms with Crippen LogP contribution in [0, 0.1) is 0 Å². The number of rotatable bonds is 9. The first kappa shape index (κ1) is 17.8. The predicted octanol–water partition coefficient (Wildman–Crippen LogP) is 1.49. The van der Waals surface area contributed by atoms with Crippen molar-refractivity contribution in [2.75, 3.05) is 46.4 Å². The lowest BCUT2D eigenvalue weighted by Crippen LogP contribution is -2.41. The van der Waals surface area contributed by atoms with Gasteiger partial charge in [0.25, 0.3) is 0 Å². The molecule has 1 unspecified atom stereocenters. The molecular weight excluding hydrogens is 292 g/mol. The second-order valence-corrected chi connectivity index (χ2v) is 5.79. The van der Waals surface area contributed by atoms with Crippen LogP contribution in [-0.2, 0) is 11.2 Å². The fourth-order valence-corrected chi connectivity index (χ4v) is 2.92. The smallest absolute Gasteiger partial charge is 0.191 e. The molecule has 2 N–H and O–H groups in total. The van der Waals surface area contributed by atoms with E-state index in [0.717, 1.165) is 44.3 Å². The Hall–Kier alpha value is -1.53. The van der Waals surface area contributed by atoms with E-state index in [0.29, 0.717) is 12.6 Å². The molecule has 0 aliphatic carbocycles. The SMILES string of the molecule is CCN1CCCC1CN=C(NCCOC)NCCc1ccco1. The summed E-state index contributed by atoms with van der Waals surface area (Å²) in [5.74, 6) is 1.85. The fourth-order valence-electron chi connectivity index (χ4n) is 2.92. The van der Waals surface area contributed by atoms with Gasteiger partial charge < -0.3 is 19.8 Å². The summed E-state index contributed by atoms with van der Waals surface area (Å²) in [6.07, 6.45) is 5.09. The Morgan fingerprint density at radius 2 is 2.30 bits per heavy atom. The lowest BCUT2D eigenvalue weighted by atomic mass is 10.2. The molecule has 0 amide bonds. The summed E-state index contributed by atoms with van der Waals surface area (Å²) in [5, 5.41) is 6.70. The van der Waals surface area contributed by atoms with Gasteiger partial charge in [-0.15, -0.1) is 0 Å². The molecule has 1 aliphatic rings. The van der Waals surface area contributed by atoms with E-state index in [1.54, 1.807) is 13.4 Å². The van der Waals surface area contributed by atoms with E-state index < -0.39 is 0 Å². The van der Waals surface area contributed by atoms with Gasteiger partial charge in [-0.25, -0.2) is 0 Å². The highest BCUT2D eigenvalue weighted by Gasteiger charge is 2.22. The highest BCUT2D eigenvalue weighted by molar-refractivity contribution is 5.79. The van der Waals surface area contributed by atoms with Gasteiger partial charge in [0.15, 0.2) is 5.96 Å². The maximum atomic E-state index is 5.36. The van der Waals surface area contributed by atoms with Crippen LogP contribution in [0.2, 0.25) is 0 Å². The Bertz CT molecular complexity index is 447. The summed E-state index contributed by atoms with van der Waals surface area (Å²) in [7, 11) is 1.71. The van der Waals surface area contributed by atoms with Crippen molar-refractivity contribution in [2.24, 2.45) is 4.99 Å². The fraction of sp³-hybridized carbons (Fsp3) is 0.706. The minimum Gasteiger partial charge on any atom is -0.469 e. The molecule has 1 fully saturated rings. The molecule has 2 heterocycles. The minimum absolute atomic E-state index is 0.575. The molecule has 1 saturated heterocycles. The lowest BCUT2D eigenvalue weighted by molar-refractivity contribution is 0.203. The second kappa shape index (κ2) is 10.3. The number of nitrogens with one attached hydrogen (secondary N) is 2. The maximum absolute atomic E-state index is 5.36. The highest BCUT2D eigenvalue weighted by atomic mass is 16.5. The van der Waals surface area contributed by atoms with E-state index in [-0.39, 0.29) is 0 Å². The summed E-state index contributed by atoms with van der Waals surface area (Å²) in [4.78, 5) is 7.27. The quantitative estimate of drug-likeness (QED) is 0.410. The van der Waals surface area contributed by atoms with Gasteiger partial charge in [-0.3, -0.25) is 9.89 Å². The number of likely N-dealkylation sites (tertiary alicyclic amines) is 1. The van der Waals surface area contributed by atoms with Crippen molar-refractivity contribution in [3.8, 4) is 0 Å². The Labute approximate surface area is 139 Å². The molecule has 0 bridgehead atoms. The van der Waals surface area contributed by atoms with Gasteiger partial charge in [-0.2, -0.15) is 0 Å². The largest absolute Gasteiger partial charge is 0.469 e. The van der Waals surface area contributed by atoms with Crippen molar-refractivity contribution < 1.29 is 9.15 Å². The van der Waals surface area contributed by atoms with Crippen molar-refractivity contribution in [3.05, 3.63) is 24.2 Å². The van der Waals surface area contributed by atoms with Gasteiger partial charge in [-0.05, 0) is 38.1 Å². The molecule has 0 aromatic carbocycles.